The molecule has 0 saturated carbocycles. The fraction of sp³-hybridized carbons (Fsp3) is 0.182. The van der Waals surface area contributed by atoms with Crippen molar-refractivity contribution in [3.05, 3.63) is 30.5 Å². The van der Waals surface area contributed by atoms with Gasteiger partial charge in [0.2, 0.25) is 5.91 Å². The third-order valence-electron chi connectivity index (χ3n) is 2.34. The first kappa shape index (κ1) is 9.73. The molecule has 1 heterocycles. The Hall–Kier alpha value is -1.81. The number of carbonyl (C=O) groups is 1. The molecule has 0 fully saturated rings. The first-order valence-electron chi connectivity index (χ1n) is 4.64. The third-order valence-corrected chi connectivity index (χ3v) is 2.34. The highest BCUT2D eigenvalue weighted by Gasteiger charge is 2.07. The minimum atomic E-state index is -0.116. The predicted molar refractivity (Wildman–Crippen MR) is 58.2 cm³/mol. The van der Waals surface area contributed by atoms with Crippen molar-refractivity contribution in [3.63, 3.8) is 0 Å². The Kier molecular flexibility index (Phi) is 2.43. The van der Waals surface area contributed by atoms with Gasteiger partial charge in [0.25, 0.3) is 0 Å². The van der Waals surface area contributed by atoms with Gasteiger partial charge >= 0.3 is 0 Å². The van der Waals surface area contributed by atoms with Crippen LogP contribution in [-0.2, 0) is 0 Å². The maximum Gasteiger partial charge on any atom is 0.244 e. The molecule has 0 atom stereocenters. The molecule has 0 amide bonds. The summed E-state index contributed by atoms with van der Waals surface area (Å²) in [6.45, 7) is 0.00973. The van der Waals surface area contributed by atoms with E-state index in [1.54, 1.807) is 17.9 Å². The van der Waals surface area contributed by atoms with Gasteiger partial charge in [-0.05, 0) is 24.3 Å². The van der Waals surface area contributed by atoms with E-state index in [4.69, 9.17) is 10.5 Å². The number of carbonyl (C=O) groups excluding carboxylic acids is 1. The lowest BCUT2D eigenvalue weighted by Crippen LogP contribution is -2.19. The summed E-state index contributed by atoms with van der Waals surface area (Å²) in [5.74, 6) is 0.663. The van der Waals surface area contributed by atoms with Crippen LogP contribution in [0, 0.1) is 0 Å². The summed E-state index contributed by atoms with van der Waals surface area (Å²) >= 11 is 0. The van der Waals surface area contributed by atoms with Crippen molar-refractivity contribution in [1.29, 1.82) is 0 Å². The summed E-state index contributed by atoms with van der Waals surface area (Å²) in [7, 11) is 1.61. The van der Waals surface area contributed by atoms with Crippen LogP contribution in [0.5, 0.6) is 5.75 Å². The van der Waals surface area contributed by atoms with E-state index < -0.39 is 0 Å². The smallest absolute Gasteiger partial charge is 0.244 e. The van der Waals surface area contributed by atoms with Crippen molar-refractivity contribution in [2.24, 2.45) is 5.73 Å². The van der Waals surface area contributed by atoms with E-state index in [1.807, 2.05) is 24.3 Å². The molecule has 15 heavy (non-hydrogen) atoms. The van der Waals surface area contributed by atoms with E-state index in [0.717, 1.165) is 16.7 Å². The number of aromatic nitrogens is 1. The number of nitrogens with zero attached hydrogens (tertiary/aromatic N) is 1. The molecular weight excluding hydrogens is 192 g/mol. The molecule has 0 aliphatic rings. The van der Waals surface area contributed by atoms with E-state index in [1.165, 1.54) is 0 Å². The second-order valence-electron chi connectivity index (χ2n) is 3.21. The minimum absolute atomic E-state index is 0.00973. The minimum Gasteiger partial charge on any atom is -0.497 e. The summed E-state index contributed by atoms with van der Waals surface area (Å²) in [6.07, 6.45) is 1.72. The molecule has 0 spiro atoms. The Balaban J connectivity index is 2.57. The maximum atomic E-state index is 11.4. The van der Waals surface area contributed by atoms with Gasteiger partial charge in [-0.25, -0.2) is 0 Å². The molecular formula is C11H12N2O2. The Morgan fingerprint density at radius 3 is 2.93 bits per heavy atom. The van der Waals surface area contributed by atoms with Crippen LogP contribution >= 0.6 is 0 Å². The van der Waals surface area contributed by atoms with Crippen molar-refractivity contribution >= 4 is 16.8 Å². The summed E-state index contributed by atoms with van der Waals surface area (Å²) in [6, 6.07) is 7.42. The standard InChI is InChI=1S/C11H12N2O2/c1-15-9-2-3-10-8(6-9)4-5-13(10)11(14)7-12/h2-6H,7,12H2,1H3. The van der Waals surface area contributed by atoms with Crippen molar-refractivity contribution in [2.75, 3.05) is 13.7 Å². The number of fused-ring (bicyclic) bond motifs is 1. The van der Waals surface area contributed by atoms with Crippen LogP contribution in [0.25, 0.3) is 10.9 Å². The normalized spacial score (nSPS) is 10.5. The zero-order valence-corrected chi connectivity index (χ0v) is 8.43. The van der Waals surface area contributed by atoms with Crippen LogP contribution < -0.4 is 10.5 Å². The molecule has 0 unspecified atom stereocenters. The number of rotatable bonds is 2. The van der Waals surface area contributed by atoms with Crippen LogP contribution in [0.1, 0.15) is 4.79 Å². The number of ether oxygens (including phenoxy) is 1. The fourth-order valence-electron chi connectivity index (χ4n) is 1.56. The first-order valence-corrected chi connectivity index (χ1v) is 4.64. The quantitative estimate of drug-likeness (QED) is 0.800. The van der Waals surface area contributed by atoms with Gasteiger partial charge in [-0.1, -0.05) is 0 Å². The molecule has 2 rings (SSSR count). The number of nitrogens with two attached hydrogens (primary N) is 1. The van der Waals surface area contributed by atoms with Gasteiger partial charge in [0.15, 0.2) is 0 Å². The topological polar surface area (TPSA) is 57.2 Å². The fourth-order valence-corrected chi connectivity index (χ4v) is 1.56. The van der Waals surface area contributed by atoms with Crippen molar-refractivity contribution in [2.45, 2.75) is 0 Å². The average molecular weight is 204 g/mol. The van der Waals surface area contributed by atoms with E-state index in [-0.39, 0.29) is 12.5 Å². The molecule has 2 N–H and O–H groups in total. The van der Waals surface area contributed by atoms with Crippen molar-refractivity contribution < 1.29 is 9.53 Å². The van der Waals surface area contributed by atoms with E-state index in [2.05, 4.69) is 0 Å². The van der Waals surface area contributed by atoms with Gasteiger partial charge in [-0.2, -0.15) is 0 Å². The summed E-state index contributed by atoms with van der Waals surface area (Å²) in [4.78, 5) is 11.4. The molecule has 0 aliphatic carbocycles. The zero-order valence-electron chi connectivity index (χ0n) is 8.43. The highest BCUT2D eigenvalue weighted by molar-refractivity contribution is 5.93. The highest BCUT2D eigenvalue weighted by atomic mass is 16.5. The Morgan fingerprint density at radius 1 is 1.47 bits per heavy atom. The van der Waals surface area contributed by atoms with Crippen molar-refractivity contribution in [1.82, 2.24) is 4.57 Å². The van der Waals surface area contributed by atoms with Crippen molar-refractivity contribution in [3.8, 4) is 5.75 Å². The van der Waals surface area contributed by atoms with Crippen LogP contribution in [0.3, 0.4) is 0 Å². The molecule has 1 aromatic heterocycles. The summed E-state index contributed by atoms with van der Waals surface area (Å²) in [5, 5.41) is 0.969. The van der Waals surface area contributed by atoms with Crippen LogP contribution in [0.4, 0.5) is 0 Å². The first-order chi connectivity index (χ1) is 7.26. The van der Waals surface area contributed by atoms with Crippen LogP contribution in [-0.4, -0.2) is 24.1 Å². The maximum absolute atomic E-state index is 11.4. The molecule has 1 aromatic carbocycles. The van der Waals surface area contributed by atoms with Gasteiger partial charge in [-0.15, -0.1) is 0 Å². The lowest BCUT2D eigenvalue weighted by atomic mass is 10.2. The number of methoxy groups -OCH3 is 1. The molecule has 0 aliphatic heterocycles. The second-order valence-corrected chi connectivity index (χ2v) is 3.21. The predicted octanol–water partition coefficient (Wildman–Crippen LogP) is 1.25. The molecule has 78 valence electrons. The molecule has 0 saturated heterocycles. The Morgan fingerprint density at radius 2 is 2.27 bits per heavy atom. The molecule has 0 radical (unpaired) electrons. The van der Waals surface area contributed by atoms with Crippen LogP contribution in [0.2, 0.25) is 0 Å². The lowest BCUT2D eigenvalue weighted by Gasteiger charge is -2.02. The zero-order chi connectivity index (χ0) is 10.8. The molecule has 4 nitrogen and oxygen atoms in total. The van der Waals surface area contributed by atoms with E-state index in [0.29, 0.717) is 0 Å². The van der Waals surface area contributed by atoms with Gasteiger partial charge in [0.1, 0.15) is 5.75 Å². The van der Waals surface area contributed by atoms with Gasteiger partial charge in [-0.3, -0.25) is 9.36 Å². The molecule has 2 aromatic rings. The van der Waals surface area contributed by atoms with E-state index in [9.17, 15) is 4.79 Å². The van der Waals surface area contributed by atoms with E-state index >= 15 is 0 Å². The Bertz CT molecular complexity index is 502. The monoisotopic (exact) mass is 204 g/mol. The van der Waals surface area contributed by atoms with Gasteiger partial charge in [0, 0.05) is 11.6 Å². The van der Waals surface area contributed by atoms with Gasteiger partial charge < -0.3 is 10.5 Å². The number of hydrogen-bond acceptors (Lipinski definition) is 3. The SMILES string of the molecule is COc1ccc2c(ccn2C(=O)CN)c1. The molecule has 4 heteroatoms. The highest BCUT2D eigenvalue weighted by Crippen LogP contribution is 2.21. The van der Waals surface area contributed by atoms with Crippen LogP contribution in [0.15, 0.2) is 30.5 Å². The summed E-state index contributed by atoms with van der Waals surface area (Å²) < 4.78 is 6.65. The molecule has 0 bridgehead atoms. The number of benzene rings is 1. The average Bonchev–Trinajstić information content (AvgIpc) is 2.70. The lowest BCUT2D eigenvalue weighted by molar-refractivity contribution is 0.0929. The Labute approximate surface area is 87.2 Å². The third kappa shape index (κ3) is 1.59. The number of hydrogen-bond donors (Lipinski definition) is 1. The largest absolute Gasteiger partial charge is 0.497 e. The second kappa shape index (κ2) is 3.74. The summed E-state index contributed by atoms with van der Waals surface area (Å²) in [5.41, 5.74) is 6.17. The van der Waals surface area contributed by atoms with Gasteiger partial charge in [0.05, 0.1) is 19.2 Å².